The van der Waals surface area contributed by atoms with Crippen molar-refractivity contribution in [3.63, 3.8) is 0 Å². The zero-order valence-electron chi connectivity index (χ0n) is 15.5. The molecule has 2 aliphatic heterocycles. The Balaban J connectivity index is 1.56. The highest BCUT2D eigenvalue weighted by Crippen LogP contribution is 2.21. The molecule has 2 aliphatic rings. The molecule has 1 N–H and O–H groups in total. The number of carbonyl (C=O) groups is 1. The molecule has 0 aromatic heterocycles. The van der Waals surface area contributed by atoms with Crippen LogP contribution in [-0.4, -0.2) is 62.8 Å². The molecule has 1 unspecified atom stereocenters. The van der Waals surface area contributed by atoms with Crippen molar-refractivity contribution in [2.45, 2.75) is 49.5 Å². The van der Waals surface area contributed by atoms with Crippen LogP contribution in [0.1, 0.15) is 37.7 Å². The molecule has 0 radical (unpaired) electrons. The van der Waals surface area contributed by atoms with E-state index in [0.29, 0.717) is 36.9 Å². The first-order chi connectivity index (χ1) is 12.5. The van der Waals surface area contributed by atoms with Crippen molar-refractivity contribution in [2.75, 3.05) is 33.2 Å². The molecule has 1 amide bonds. The average Bonchev–Trinajstić information content (AvgIpc) is 3.21. The van der Waals surface area contributed by atoms with Crippen LogP contribution in [0.25, 0.3) is 0 Å². The van der Waals surface area contributed by atoms with E-state index in [-0.39, 0.29) is 5.91 Å². The summed E-state index contributed by atoms with van der Waals surface area (Å²) in [5, 5.41) is 3.27. The van der Waals surface area contributed by atoms with E-state index in [4.69, 9.17) is 0 Å². The summed E-state index contributed by atoms with van der Waals surface area (Å²) in [5.74, 6) is 0.142. The second kappa shape index (κ2) is 8.50. The van der Waals surface area contributed by atoms with Gasteiger partial charge in [0.15, 0.2) is 0 Å². The van der Waals surface area contributed by atoms with Gasteiger partial charge in [-0.1, -0.05) is 18.6 Å². The summed E-state index contributed by atoms with van der Waals surface area (Å²) >= 11 is 0. The third kappa shape index (κ3) is 4.45. The minimum absolute atomic E-state index is 0.142. The van der Waals surface area contributed by atoms with Crippen LogP contribution < -0.4 is 5.32 Å². The summed E-state index contributed by atoms with van der Waals surface area (Å²) < 4.78 is 26.9. The van der Waals surface area contributed by atoms with E-state index in [1.165, 1.54) is 0 Å². The van der Waals surface area contributed by atoms with Crippen LogP contribution in [0.5, 0.6) is 0 Å². The van der Waals surface area contributed by atoms with E-state index < -0.39 is 10.0 Å². The van der Waals surface area contributed by atoms with E-state index in [1.807, 2.05) is 24.1 Å². The molecule has 3 rings (SSSR count). The highest BCUT2D eigenvalue weighted by atomic mass is 32.2. The second-order valence-electron chi connectivity index (χ2n) is 7.26. The van der Waals surface area contributed by atoms with Crippen molar-refractivity contribution in [1.29, 1.82) is 0 Å². The van der Waals surface area contributed by atoms with Crippen LogP contribution in [0.3, 0.4) is 0 Å². The number of sulfonamides is 1. The van der Waals surface area contributed by atoms with E-state index in [1.54, 1.807) is 16.4 Å². The average molecular weight is 380 g/mol. The van der Waals surface area contributed by atoms with Crippen LogP contribution in [0.15, 0.2) is 29.2 Å². The zero-order valence-corrected chi connectivity index (χ0v) is 16.3. The van der Waals surface area contributed by atoms with Gasteiger partial charge in [0.1, 0.15) is 0 Å². The molecule has 2 heterocycles. The van der Waals surface area contributed by atoms with Crippen molar-refractivity contribution >= 4 is 15.9 Å². The third-order valence-corrected chi connectivity index (χ3v) is 7.39. The number of likely N-dealkylation sites (N-methyl/N-ethyl adjacent to an activating group) is 1. The molecule has 26 heavy (non-hydrogen) atoms. The predicted octanol–water partition coefficient (Wildman–Crippen LogP) is 1.61. The van der Waals surface area contributed by atoms with Gasteiger partial charge < -0.3 is 10.2 Å². The Morgan fingerprint density at radius 1 is 1.19 bits per heavy atom. The van der Waals surface area contributed by atoms with Crippen molar-refractivity contribution in [1.82, 2.24) is 14.5 Å². The van der Waals surface area contributed by atoms with Crippen molar-refractivity contribution in [3.05, 3.63) is 29.8 Å². The number of benzene rings is 1. The number of rotatable bonds is 6. The van der Waals surface area contributed by atoms with Gasteiger partial charge in [-0.2, -0.15) is 4.31 Å². The number of nitrogens with zero attached hydrogens (tertiary/aromatic N) is 2. The third-order valence-electron chi connectivity index (χ3n) is 5.48. The Bertz CT molecular complexity index is 706. The van der Waals surface area contributed by atoms with Gasteiger partial charge in [-0.3, -0.25) is 4.79 Å². The van der Waals surface area contributed by atoms with Gasteiger partial charge in [0.05, 0.1) is 4.90 Å². The van der Waals surface area contributed by atoms with Gasteiger partial charge in [-0.25, -0.2) is 8.42 Å². The number of hydrogen-bond donors (Lipinski definition) is 1. The predicted molar refractivity (Wildman–Crippen MR) is 101 cm³/mol. The van der Waals surface area contributed by atoms with Gasteiger partial charge >= 0.3 is 0 Å². The van der Waals surface area contributed by atoms with Crippen LogP contribution in [0.2, 0.25) is 0 Å². The highest BCUT2D eigenvalue weighted by Gasteiger charge is 2.26. The number of aryl methyl sites for hydroxylation is 1. The van der Waals surface area contributed by atoms with Crippen LogP contribution in [-0.2, 0) is 21.2 Å². The lowest BCUT2D eigenvalue weighted by molar-refractivity contribution is -0.131. The molecule has 1 aromatic carbocycles. The smallest absolute Gasteiger partial charge is 0.243 e. The summed E-state index contributed by atoms with van der Waals surface area (Å²) in [6.07, 6.45) is 5.06. The lowest BCUT2D eigenvalue weighted by Crippen LogP contribution is -2.38. The molecule has 1 aromatic rings. The molecular formula is C19H29N3O3S. The summed E-state index contributed by atoms with van der Waals surface area (Å²) in [5.41, 5.74) is 0.994. The van der Waals surface area contributed by atoms with Crippen molar-refractivity contribution < 1.29 is 13.2 Å². The molecular weight excluding hydrogens is 350 g/mol. The Morgan fingerprint density at radius 2 is 1.88 bits per heavy atom. The number of piperidine rings is 1. The first-order valence-electron chi connectivity index (χ1n) is 9.54. The normalized spacial score (nSPS) is 21.7. The topological polar surface area (TPSA) is 69.7 Å². The molecule has 0 bridgehead atoms. The fourth-order valence-corrected chi connectivity index (χ4v) is 5.20. The molecule has 0 saturated carbocycles. The van der Waals surface area contributed by atoms with Crippen molar-refractivity contribution in [2.24, 2.45) is 0 Å². The van der Waals surface area contributed by atoms with Crippen LogP contribution in [0, 0.1) is 0 Å². The molecule has 6 nitrogen and oxygen atoms in total. The van der Waals surface area contributed by atoms with Gasteiger partial charge in [0, 0.05) is 39.1 Å². The lowest BCUT2D eigenvalue weighted by Gasteiger charge is -2.26. The van der Waals surface area contributed by atoms with Crippen LogP contribution in [0.4, 0.5) is 0 Å². The number of carbonyl (C=O) groups excluding carboxylic acids is 1. The monoisotopic (exact) mass is 379 g/mol. The second-order valence-corrected chi connectivity index (χ2v) is 9.20. The van der Waals surface area contributed by atoms with Gasteiger partial charge in [0.2, 0.25) is 15.9 Å². The molecule has 1 atom stereocenters. The maximum absolute atomic E-state index is 12.7. The van der Waals surface area contributed by atoms with E-state index >= 15 is 0 Å². The number of hydrogen-bond acceptors (Lipinski definition) is 4. The largest absolute Gasteiger partial charge is 0.341 e. The Hall–Kier alpha value is -1.44. The molecule has 2 fully saturated rings. The van der Waals surface area contributed by atoms with E-state index in [2.05, 4.69) is 5.32 Å². The molecule has 0 aliphatic carbocycles. The van der Waals surface area contributed by atoms with Crippen LogP contribution >= 0.6 is 0 Å². The summed E-state index contributed by atoms with van der Waals surface area (Å²) in [7, 11) is -1.51. The first kappa shape index (κ1) is 19.3. The van der Waals surface area contributed by atoms with Crippen molar-refractivity contribution in [3.8, 4) is 0 Å². The first-order valence-corrected chi connectivity index (χ1v) is 11.0. The maximum atomic E-state index is 12.7. The standard InChI is InChI=1S/C19H29N3O3S/c1-21(17-11-12-20-15-17)19(23)10-7-16-5-8-18(9-6-16)26(24,25)22-13-3-2-4-14-22/h5-6,8-9,17,20H,2-4,7,10-15H2,1H3. The minimum Gasteiger partial charge on any atom is -0.341 e. The Morgan fingerprint density at radius 3 is 2.50 bits per heavy atom. The highest BCUT2D eigenvalue weighted by molar-refractivity contribution is 7.89. The minimum atomic E-state index is -3.38. The fraction of sp³-hybridized carbons (Fsp3) is 0.632. The summed E-state index contributed by atoms with van der Waals surface area (Å²) in [6, 6.07) is 7.31. The van der Waals surface area contributed by atoms with Gasteiger partial charge in [-0.05, 0) is 49.9 Å². The Kier molecular flexibility index (Phi) is 6.32. The van der Waals surface area contributed by atoms with Gasteiger partial charge in [0.25, 0.3) is 0 Å². The van der Waals surface area contributed by atoms with Gasteiger partial charge in [-0.15, -0.1) is 0 Å². The number of amides is 1. The van der Waals surface area contributed by atoms with E-state index in [9.17, 15) is 13.2 Å². The maximum Gasteiger partial charge on any atom is 0.243 e. The zero-order chi connectivity index (χ0) is 18.6. The fourth-order valence-electron chi connectivity index (χ4n) is 3.68. The quantitative estimate of drug-likeness (QED) is 0.815. The Labute approximate surface area is 156 Å². The van der Waals surface area contributed by atoms with E-state index in [0.717, 1.165) is 44.3 Å². The summed E-state index contributed by atoms with van der Waals surface area (Å²) in [6.45, 7) is 3.06. The molecule has 0 spiro atoms. The molecule has 2 saturated heterocycles. The molecule has 144 valence electrons. The molecule has 7 heteroatoms. The lowest BCUT2D eigenvalue weighted by atomic mass is 10.1. The SMILES string of the molecule is CN(C(=O)CCc1ccc(S(=O)(=O)N2CCCCC2)cc1)C1CCNC1. The summed E-state index contributed by atoms with van der Waals surface area (Å²) in [4.78, 5) is 14.5. The number of nitrogens with one attached hydrogen (secondary N) is 1.